The number of nitrogens with zero attached hydrogens (tertiary/aromatic N) is 2. The summed E-state index contributed by atoms with van der Waals surface area (Å²) in [6.45, 7) is 2.75. The molecule has 0 aliphatic carbocycles. The largest absolute Gasteiger partial charge is 0.454 e. The van der Waals surface area contributed by atoms with Crippen molar-refractivity contribution in [2.75, 3.05) is 19.9 Å². The number of benzene rings is 1. The molecule has 1 fully saturated rings. The molecule has 120 valence electrons. The van der Waals surface area contributed by atoms with Gasteiger partial charge in [0.05, 0.1) is 6.10 Å². The highest BCUT2D eigenvalue weighted by Gasteiger charge is 2.30. The SMILES string of the molecule is O[C@@H]1CN(Cc2cccnc2)CC[C@H]1c1ccc2c(c1)OCO2. The Morgan fingerprint density at radius 1 is 1.22 bits per heavy atom. The summed E-state index contributed by atoms with van der Waals surface area (Å²) in [4.78, 5) is 6.43. The van der Waals surface area contributed by atoms with E-state index < -0.39 is 0 Å². The standard InChI is InChI=1S/C18H20N2O3/c21-16-11-20(10-13-2-1-6-19-9-13)7-5-15(16)14-3-4-17-18(8-14)23-12-22-17/h1-4,6,8-9,15-16,21H,5,7,10-12H2/t15-,16+/m0/s1. The molecule has 23 heavy (non-hydrogen) atoms. The molecule has 3 heterocycles. The van der Waals surface area contributed by atoms with Crippen LogP contribution in [0.15, 0.2) is 42.7 Å². The zero-order valence-electron chi connectivity index (χ0n) is 12.9. The van der Waals surface area contributed by atoms with E-state index in [9.17, 15) is 5.11 Å². The number of ether oxygens (including phenoxy) is 2. The normalized spacial score (nSPS) is 23.9. The summed E-state index contributed by atoms with van der Waals surface area (Å²) in [6.07, 6.45) is 4.22. The lowest BCUT2D eigenvalue weighted by Crippen LogP contribution is -2.42. The molecule has 0 spiro atoms. The molecule has 2 aliphatic heterocycles. The van der Waals surface area contributed by atoms with Gasteiger partial charge in [-0.05, 0) is 42.3 Å². The van der Waals surface area contributed by atoms with Crippen molar-refractivity contribution < 1.29 is 14.6 Å². The van der Waals surface area contributed by atoms with Gasteiger partial charge in [-0.1, -0.05) is 12.1 Å². The Kier molecular flexibility index (Phi) is 3.89. The van der Waals surface area contributed by atoms with Gasteiger partial charge >= 0.3 is 0 Å². The maximum Gasteiger partial charge on any atom is 0.231 e. The second kappa shape index (κ2) is 6.18. The molecule has 1 N–H and O–H groups in total. The molecule has 4 rings (SSSR count). The topological polar surface area (TPSA) is 54.8 Å². The smallest absolute Gasteiger partial charge is 0.231 e. The number of fused-ring (bicyclic) bond motifs is 1. The number of piperidine rings is 1. The van der Waals surface area contributed by atoms with Gasteiger partial charge in [-0.15, -0.1) is 0 Å². The van der Waals surface area contributed by atoms with Crippen LogP contribution in [0.2, 0.25) is 0 Å². The van der Waals surface area contributed by atoms with Crippen LogP contribution in [0.3, 0.4) is 0 Å². The first-order chi connectivity index (χ1) is 11.3. The lowest BCUT2D eigenvalue weighted by molar-refractivity contribution is 0.0476. The van der Waals surface area contributed by atoms with Crippen LogP contribution in [-0.2, 0) is 6.54 Å². The number of hydrogen-bond donors (Lipinski definition) is 1. The predicted octanol–water partition coefficient (Wildman–Crippen LogP) is 2.16. The van der Waals surface area contributed by atoms with Crippen molar-refractivity contribution in [2.24, 2.45) is 0 Å². The Morgan fingerprint density at radius 2 is 2.13 bits per heavy atom. The summed E-state index contributed by atoms with van der Waals surface area (Å²) < 4.78 is 10.8. The van der Waals surface area contributed by atoms with E-state index in [0.29, 0.717) is 6.54 Å². The molecule has 0 radical (unpaired) electrons. The van der Waals surface area contributed by atoms with E-state index in [4.69, 9.17) is 9.47 Å². The van der Waals surface area contributed by atoms with E-state index in [1.165, 1.54) is 5.56 Å². The zero-order valence-corrected chi connectivity index (χ0v) is 12.9. The van der Waals surface area contributed by atoms with Crippen molar-refractivity contribution in [2.45, 2.75) is 25.0 Å². The summed E-state index contributed by atoms with van der Waals surface area (Å²) in [6, 6.07) is 10.0. The van der Waals surface area contributed by atoms with E-state index in [2.05, 4.69) is 16.0 Å². The highest BCUT2D eigenvalue weighted by molar-refractivity contribution is 5.45. The average Bonchev–Trinajstić information content (AvgIpc) is 3.03. The first-order valence-electron chi connectivity index (χ1n) is 7.98. The molecule has 2 aromatic rings. The third-order valence-electron chi connectivity index (χ3n) is 4.62. The predicted molar refractivity (Wildman–Crippen MR) is 85.4 cm³/mol. The molecule has 0 saturated carbocycles. The highest BCUT2D eigenvalue weighted by Crippen LogP contribution is 2.37. The van der Waals surface area contributed by atoms with Crippen LogP contribution in [0.1, 0.15) is 23.5 Å². The van der Waals surface area contributed by atoms with Crippen LogP contribution < -0.4 is 9.47 Å². The molecule has 5 heteroatoms. The third-order valence-corrected chi connectivity index (χ3v) is 4.62. The van der Waals surface area contributed by atoms with Crippen molar-refractivity contribution in [1.29, 1.82) is 0 Å². The minimum atomic E-state index is -0.374. The minimum Gasteiger partial charge on any atom is -0.454 e. The Hall–Kier alpha value is -2.11. The number of β-amino-alcohol motifs (C(OH)–C–C–N with tert-alkyl or cyclic N) is 1. The van der Waals surface area contributed by atoms with Gasteiger partial charge in [0.25, 0.3) is 0 Å². The Balaban J connectivity index is 1.43. The molecule has 5 nitrogen and oxygen atoms in total. The monoisotopic (exact) mass is 312 g/mol. The quantitative estimate of drug-likeness (QED) is 0.941. The number of rotatable bonds is 3. The van der Waals surface area contributed by atoms with E-state index in [1.54, 1.807) is 6.20 Å². The molecule has 1 saturated heterocycles. The van der Waals surface area contributed by atoms with Gasteiger partial charge in [0, 0.05) is 31.4 Å². The number of hydrogen-bond acceptors (Lipinski definition) is 5. The van der Waals surface area contributed by atoms with Crippen molar-refractivity contribution >= 4 is 0 Å². The molecule has 0 bridgehead atoms. The molecular weight excluding hydrogens is 292 g/mol. The first-order valence-corrected chi connectivity index (χ1v) is 7.98. The molecule has 0 amide bonds. The van der Waals surface area contributed by atoms with Gasteiger partial charge in [-0.2, -0.15) is 0 Å². The fourth-order valence-corrected chi connectivity index (χ4v) is 3.42. The van der Waals surface area contributed by atoms with Crippen molar-refractivity contribution in [3.63, 3.8) is 0 Å². The van der Waals surface area contributed by atoms with Crippen LogP contribution in [0.25, 0.3) is 0 Å². The Labute approximate surface area is 135 Å². The van der Waals surface area contributed by atoms with E-state index in [1.807, 2.05) is 30.5 Å². The molecule has 2 aliphatic rings. The zero-order chi connectivity index (χ0) is 15.6. The maximum absolute atomic E-state index is 10.6. The third kappa shape index (κ3) is 3.02. The summed E-state index contributed by atoms with van der Waals surface area (Å²) in [5, 5.41) is 10.6. The first kappa shape index (κ1) is 14.5. The van der Waals surface area contributed by atoms with Crippen LogP contribution >= 0.6 is 0 Å². The summed E-state index contributed by atoms with van der Waals surface area (Å²) in [7, 11) is 0. The van der Waals surface area contributed by atoms with Crippen molar-refractivity contribution in [3.05, 3.63) is 53.9 Å². The van der Waals surface area contributed by atoms with Gasteiger partial charge in [-0.3, -0.25) is 9.88 Å². The minimum absolute atomic E-state index is 0.148. The highest BCUT2D eigenvalue weighted by atomic mass is 16.7. The molecule has 0 unspecified atom stereocenters. The van der Waals surface area contributed by atoms with E-state index in [-0.39, 0.29) is 18.8 Å². The molecular formula is C18H20N2O3. The Morgan fingerprint density at radius 3 is 2.96 bits per heavy atom. The van der Waals surface area contributed by atoms with Crippen LogP contribution in [0.4, 0.5) is 0 Å². The average molecular weight is 312 g/mol. The van der Waals surface area contributed by atoms with Gasteiger partial charge in [-0.25, -0.2) is 0 Å². The number of likely N-dealkylation sites (tertiary alicyclic amines) is 1. The van der Waals surface area contributed by atoms with Gasteiger partial charge in [0.15, 0.2) is 11.5 Å². The van der Waals surface area contributed by atoms with Crippen LogP contribution in [0.5, 0.6) is 11.5 Å². The number of pyridine rings is 1. The maximum atomic E-state index is 10.6. The van der Waals surface area contributed by atoms with Crippen molar-refractivity contribution in [3.8, 4) is 11.5 Å². The summed E-state index contributed by atoms with van der Waals surface area (Å²) >= 11 is 0. The van der Waals surface area contributed by atoms with Gasteiger partial charge in [0.1, 0.15) is 0 Å². The summed E-state index contributed by atoms with van der Waals surface area (Å²) in [5.41, 5.74) is 2.31. The molecule has 2 atom stereocenters. The Bertz CT molecular complexity index is 677. The second-order valence-electron chi connectivity index (χ2n) is 6.17. The lowest BCUT2D eigenvalue weighted by atomic mass is 9.87. The summed E-state index contributed by atoms with van der Waals surface area (Å²) in [5.74, 6) is 1.72. The number of aliphatic hydroxyl groups is 1. The van der Waals surface area contributed by atoms with Crippen LogP contribution in [-0.4, -0.2) is 41.0 Å². The van der Waals surface area contributed by atoms with E-state index in [0.717, 1.165) is 36.6 Å². The van der Waals surface area contributed by atoms with Crippen molar-refractivity contribution in [1.82, 2.24) is 9.88 Å². The molecule has 1 aromatic heterocycles. The fourth-order valence-electron chi connectivity index (χ4n) is 3.42. The fraction of sp³-hybridized carbons (Fsp3) is 0.389. The number of aromatic nitrogens is 1. The van der Waals surface area contributed by atoms with Gasteiger partial charge in [0.2, 0.25) is 6.79 Å². The second-order valence-corrected chi connectivity index (χ2v) is 6.17. The lowest BCUT2D eigenvalue weighted by Gasteiger charge is -2.36. The number of aliphatic hydroxyl groups excluding tert-OH is 1. The van der Waals surface area contributed by atoms with Crippen LogP contribution in [0, 0.1) is 0 Å². The van der Waals surface area contributed by atoms with Gasteiger partial charge < -0.3 is 14.6 Å². The van der Waals surface area contributed by atoms with E-state index >= 15 is 0 Å². The molecule has 1 aromatic carbocycles.